The molecule has 138 valence electrons. The van der Waals surface area contributed by atoms with Crippen LogP contribution >= 0.6 is 0 Å². The maximum atomic E-state index is 13.2. The van der Waals surface area contributed by atoms with Crippen molar-refractivity contribution in [3.05, 3.63) is 59.7 Å². The van der Waals surface area contributed by atoms with E-state index >= 15 is 0 Å². The highest BCUT2D eigenvalue weighted by Crippen LogP contribution is 2.33. The van der Waals surface area contributed by atoms with Crippen molar-refractivity contribution in [3.63, 3.8) is 0 Å². The van der Waals surface area contributed by atoms with Crippen molar-refractivity contribution in [1.82, 2.24) is 14.5 Å². The number of hydrogen-bond acceptors (Lipinski definition) is 4. The Morgan fingerprint density at radius 1 is 1.19 bits per heavy atom. The second-order valence-corrected chi connectivity index (χ2v) is 5.83. The van der Waals surface area contributed by atoms with Crippen LogP contribution in [0.3, 0.4) is 0 Å². The van der Waals surface area contributed by atoms with E-state index in [2.05, 4.69) is 15.3 Å². The lowest BCUT2D eigenvalue weighted by Gasteiger charge is -2.14. The van der Waals surface area contributed by atoms with Crippen molar-refractivity contribution in [2.75, 3.05) is 12.4 Å². The van der Waals surface area contributed by atoms with Crippen LogP contribution in [0.15, 0.2) is 42.9 Å². The van der Waals surface area contributed by atoms with Crippen molar-refractivity contribution in [2.45, 2.75) is 19.5 Å². The number of aryl methyl sites for hydroxylation is 1. The van der Waals surface area contributed by atoms with E-state index in [1.54, 1.807) is 25.4 Å². The van der Waals surface area contributed by atoms with E-state index in [0.29, 0.717) is 34.7 Å². The van der Waals surface area contributed by atoms with Gasteiger partial charge in [-0.25, -0.2) is 9.97 Å². The molecule has 0 aliphatic rings. The molecule has 0 saturated heterocycles. The highest BCUT2D eigenvalue weighted by atomic mass is 19.4. The van der Waals surface area contributed by atoms with Crippen molar-refractivity contribution >= 4 is 5.82 Å². The normalized spacial score (nSPS) is 11.3. The Morgan fingerprint density at radius 3 is 2.59 bits per heavy atom. The van der Waals surface area contributed by atoms with Crippen LogP contribution in [0.4, 0.5) is 19.0 Å². The summed E-state index contributed by atoms with van der Waals surface area (Å²) in [6.45, 7) is 1.85. The van der Waals surface area contributed by atoms with E-state index in [4.69, 9.17) is 0 Å². The second kappa shape index (κ2) is 7.11. The first-order chi connectivity index (χ1) is 12.9. The van der Waals surface area contributed by atoms with Crippen molar-refractivity contribution < 1.29 is 13.2 Å². The van der Waals surface area contributed by atoms with Crippen LogP contribution in [0, 0.1) is 11.3 Å². The molecule has 1 N–H and O–H groups in total. The molecule has 0 saturated carbocycles. The molecule has 0 aliphatic heterocycles. The molecule has 3 rings (SSSR count). The van der Waals surface area contributed by atoms with Gasteiger partial charge in [-0.1, -0.05) is 13.0 Å². The summed E-state index contributed by atoms with van der Waals surface area (Å²) in [6.07, 6.45) is -0.928. The quantitative estimate of drug-likeness (QED) is 0.737. The molecule has 2 aromatic heterocycles. The van der Waals surface area contributed by atoms with E-state index < -0.39 is 11.7 Å². The SMILES string of the molecule is CCc1ccc(C(F)(F)F)cc1-n1cc(-c2cc(NC)ncn2)cc1C#N. The first-order valence-electron chi connectivity index (χ1n) is 8.20. The molecule has 0 spiro atoms. The van der Waals surface area contributed by atoms with Crippen LogP contribution in [0.25, 0.3) is 16.9 Å². The number of alkyl halides is 3. The molecule has 0 atom stereocenters. The predicted octanol–water partition coefficient (Wildman–Crippen LogP) is 4.43. The summed E-state index contributed by atoms with van der Waals surface area (Å²) >= 11 is 0. The molecule has 3 aromatic rings. The number of aromatic nitrogens is 3. The fourth-order valence-corrected chi connectivity index (χ4v) is 2.80. The fourth-order valence-electron chi connectivity index (χ4n) is 2.80. The zero-order valence-electron chi connectivity index (χ0n) is 14.7. The Balaban J connectivity index is 2.18. The van der Waals surface area contributed by atoms with Gasteiger partial charge in [-0.3, -0.25) is 0 Å². The summed E-state index contributed by atoms with van der Waals surface area (Å²) in [5.41, 5.74) is 1.69. The lowest BCUT2D eigenvalue weighted by Crippen LogP contribution is -2.08. The number of nitriles is 1. The number of nitrogens with one attached hydrogen (secondary N) is 1. The average molecular weight is 371 g/mol. The van der Waals surface area contributed by atoms with Gasteiger partial charge in [0.1, 0.15) is 23.9 Å². The maximum Gasteiger partial charge on any atom is 0.416 e. The van der Waals surface area contributed by atoms with E-state index in [9.17, 15) is 18.4 Å². The minimum Gasteiger partial charge on any atom is -0.373 e. The smallest absolute Gasteiger partial charge is 0.373 e. The van der Waals surface area contributed by atoms with Crippen LogP contribution in [-0.4, -0.2) is 21.6 Å². The first kappa shape index (κ1) is 18.5. The minimum absolute atomic E-state index is 0.226. The molecule has 5 nitrogen and oxygen atoms in total. The van der Waals surface area contributed by atoms with Gasteiger partial charge in [0, 0.05) is 24.9 Å². The molecule has 2 heterocycles. The van der Waals surface area contributed by atoms with Crippen LogP contribution in [0.5, 0.6) is 0 Å². The number of benzene rings is 1. The molecule has 0 unspecified atom stereocenters. The molecule has 0 aliphatic carbocycles. The van der Waals surface area contributed by atoms with E-state index in [1.807, 2.05) is 13.0 Å². The molecule has 0 bridgehead atoms. The Morgan fingerprint density at radius 2 is 1.96 bits per heavy atom. The van der Waals surface area contributed by atoms with Crippen LogP contribution < -0.4 is 5.32 Å². The lowest BCUT2D eigenvalue weighted by molar-refractivity contribution is -0.137. The number of halogens is 3. The largest absolute Gasteiger partial charge is 0.416 e. The Hall–Kier alpha value is -3.34. The topological polar surface area (TPSA) is 66.5 Å². The van der Waals surface area contributed by atoms with E-state index in [0.717, 1.165) is 12.1 Å². The summed E-state index contributed by atoms with van der Waals surface area (Å²) in [5.74, 6) is 0.597. The van der Waals surface area contributed by atoms with Gasteiger partial charge in [0.25, 0.3) is 0 Å². The number of nitrogens with zero attached hydrogens (tertiary/aromatic N) is 4. The van der Waals surface area contributed by atoms with Crippen molar-refractivity contribution in [2.24, 2.45) is 0 Å². The van der Waals surface area contributed by atoms with Gasteiger partial charge in [-0.2, -0.15) is 18.4 Å². The van der Waals surface area contributed by atoms with Crippen molar-refractivity contribution in [1.29, 1.82) is 5.26 Å². The van der Waals surface area contributed by atoms with Gasteiger partial charge in [0.05, 0.1) is 16.9 Å². The summed E-state index contributed by atoms with van der Waals surface area (Å²) in [6, 6.07) is 8.92. The average Bonchev–Trinajstić information content (AvgIpc) is 3.11. The van der Waals surface area contributed by atoms with Crippen LogP contribution in [0.2, 0.25) is 0 Å². The molecule has 0 amide bonds. The predicted molar refractivity (Wildman–Crippen MR) is 95.4 cm³/mol. The number of anilines is 1. The number of rotatable bonds is 4. The second-order valence-electron chi connectivity index (χ2n) is 5.83. The fraction of sp³-hybridized carbons (Fsp3) is 0.211. The highest BCUT2D eigenvalue weighted by molar-refractivity contribution is 5.65. The zero-order valence-corrected chi connectivity index (χ0v) is 14.7. The maximum absolute atomic E-state index is 13.2. The summed E-state index contributed by atoms with van der Waals surface area (Å²) in [7, 11) is 1.72. The van der Waals surface area contributed by atoms with E-state index in [-0.39, 0.29) is 5.69 Å². The molecular formula is C19H16F3N5. The molecule has 0 radical (unpaired) electrons. The molecule has 27 heavy (non-hydrogen) atoms. The van der Waals surface area contributed by atoms with Gasteiger partial charge >= 0.3 is 6.18 Å². The minimum atomic E-state index is -4.46. The molecule has 0 fully saturated rings. The Bertz CT molecular complexity index is 1010. The third-order valence-corrected chi connectivity index (χ3v) is 4.21. The third-order valence-electron chi connectivity index (χ3n) is 4.21. The Kier molecular flexibility index (Phi) is 4.86. The van der Waals surface area contributed by atoms with Gasteiger partial charge in [-0.15, -0.1) is 0 Å². The molecular weight excluding hydrogens is 355 g/mol. The van der Waals surface area contributed by atoms with Gasteiger partial charge in [-0.05, 0) is 30.2 Å². The van der Waals surface area contributed by atoms with Crippen LogP contribution in [0.1, 0.15) is 23.7 Å². The summed E-state index contributed by atoms with van der Waals surface area (Å²) in [4.78, 5) is 8.22. The van der Waals surface area contributed by atoms with Crippen LogP contribution in [-0.2, 0) is 12.6 Å². The van der Waals surface area contributed by atoms with E-state index in [1.165, 1.54) is 17.0 Å². The monoisotopic (exact) mass is 371 g/mol. The molecule has 8 heteroatoms. The Labute approximate surface area is 154 Å². The number of hydrogen-bond donors (Lipinski definition) is 1. The van der Waals surface area contributed by atoms with Gasteiger partial charge in [0.2, 0.25) is 0 Å². The van der Waals surface area contributed by atoms with Gasteiger partial charge < -0.3 is 9.88 Å². The van der Waals surface area contributed by atoms with Gasteiger partial charge in [0.15, 0.2) is 0 Å². The standard InChI is InChI=1S/C19H16F3N5/c1-3-12-4-5-14(19(20,21)22)7-17(12)27-10-13(6-15(27)9-23)16-8-18(24-2)26-11-25-16/h4-8,10-11H,3H2,1-2H3,(H,24,25,26). The highest BCUT2D eigenvalue weighted by Gasteiger charge is 2.31. The zero-order chi connectivity index (χ0) is 19.6. The third kappa shape index (κ3) is 3.62. The summed E-state index contributed by atoms with van der Waals surface area (Å²) < 4.78 is 40.9. The lowest BCUT2D eigenvalue weighted by atomic mass is 10.1. The van der Waals surface area contributed by atoms with Crippen molar-refractivity contribution in [3.8, 4) is 23.0 Å². The molecule has 1 aromatic carbocycles. The summed E-state index contributed by atoms with van der Waals surface area (Å²) in [5, 5.41) is 12.4. The first-order valence-corrected chi connectivity index (χ1v) is 8.20.